The number of carbonyl (C=O) groups is 3. The van der Waals surface area contributed by atoms with E-state index in [1.54, 1.807) is 19.2 Å². The maximum absolute atomic E-state index is 12.4. The number of aromatic nitrogens is 1. The van der Waals surface area contributed by atoms with E-state index < -0.39 is 5.97 Å². The molecule has 2 aromatic rings. The molecule has 0 bridgehead atoms. The summed E-state index contributed by atoms with van der Waals surface area (Å²) in [6.07, 6.45) is 0.0500. The lowest BCUT2D eigenvalue weighted by molar-refractivity contribution is -0.142. The van der Waals surface area contributed by atoms with Gasteiger partial charge < -0.3 is 14.0 Å². The van der Waals surface area contributed by atoms with Crippen molar-refractivity contribution in [2.45, 2.75) is 40.2 Å². The third-order valence-electron chi connectivity index (χ3n) is 4.33. The maximum atomic E-state index is 12.4. The molecular formula is C20H25NO5S. The van der Waals surface area contributed by atoms with E-state index in [9.17, 15) is 14.4 Å². The average molecular weight is 391 g/mol. The van der Waals surface area contributed by atoms with Gasteiger partial charge in [0, 0.05) is 41.9 Å². The zero-order chi connectivity index (χ0) is 20.0. The first kappa shape index (κ1) is 21.1. The lowest BCUT2D eigenvalue weighted by Gasteiger charge is -2.09. The highest BCUT2D eigenvalue weighted by Crippen LogP contribution is 2.18. The zero-order valence-electron chi connectivity index (χ0n) is 16.2. The number of rotatable bonds is 10. The predicted octanol–water partition coefficient (Wildman–Crippen LogP) is 3.51. The molecule has 2 aromatic heterocycles. The normalized spacial score (nSPS) is 10.8. The van der Waals surface area contributed by atoms with Crippen LogP contribution in [-0.2, 0) is 20.8 Å². The van der Waals surface area contributed by atoms with E-state index in [1.807, 2.05) is 31.4 Å². The predicted molar refractivity (Wildman–Crippen MR) is 104 cm³/mol. The highest BCUT2D eigenvalue weighted by atomic mass is 32.1. The molecule has 2 heterocycles. The molecule has 6 nitrogen and oxygen atoms in total. The van der Waals surface area contributed by atoms with Crippen LogP contribution in [0.4, 0.5) is 0 Å². The quantitative estimate of drug-likeness (QED) is 0.458. The van der Waals surface area contributed by atoms with Crippen LogP contribution in [-0.4, -0.2) is 42.4 Å². The van der Waals surface area contributed by atoms with Crippen LogP contribution in [0.25, 0.3) is 0 Å². The van der Waals surface area contributed by atoms with E-state index in [-0.39, 0.29) is 31.0 Å². The number of ketones is 2. The third-order valence-corrected chi connectivity index (χ3v) is 5.37. The van der Waals surface area contributed by atoms with Crippen LogP contribution in [0.1, 0.15) is 49.1 Å². The summed E-state index contributed by atoms with van der Waals surface area (Å²) in [7, 11) is 1.63. The molecule has 0 radical (unpaired) electrons. The largest absolute Gasteiger partial charge is 0.457 e. The number of hydrogen-bond donors (Lipinski definition) is 0. The van der Waals surface area contributed by atoms with E-state index in [4.69, 9.17) is 9.47 Å². The monoisotopic (exact) mass is 391 g/mol. The molecule has 146 valence electrons. The number of thiophene rings is 1. The summed E-state index contributed by atoms with van der Waals surface area (Å²) < 4.78 is 12.1. The van der Waals surface area contributed by atoms with Crippen LogP contribution >= 0.6 is 11.3 Å². The smallest absolute Gasteiger partial charge is 0.306 e. The van der Waals surface area contributed by atoms with Crippen molar-refractivity contribution < 1.29 is 23.9 Å². The van der Waals surface area contributed by atoms with Gasteiger partial charge in [-0.15, -0.1) is 11.3 Å². The second-order valence-electron chi connectivity index (χ2n) is 6.35. The van der Waals surface area contributed by atoms with Gasteiger partial charge in [0.1, 0.15) is 0 Å². The van der Waals surface area contributed by atoms with Crippen molar-refractivity contribution in [1.29, 1.82) is 0 Å². The van der Waals surface area contributed by atoms with Gasteiger partial charge in [0.2, 0.25) is 5.78 Å². The Labute approximate surface area is 163 Å². The maximum Gasteiger partial charge on any atom is 0.306 e. The van der Waals surface area contributed by atoms with E-state index in [1.165, 1.54) is 11.3 Å². The Hall–Kier alpha value is -2.25. The van der Waals surface area contributed by atoms with Crippen molar-refractivity contribution in [3.8, 4) is 0 Å². The van der Waals surface area contributed by atoms with Crippen molar-refractivity contribution in [3.63, 3.8) is 0 Å². The Morgan fingerprint density at radius 1 is 1.07 bits per heavy atom. The molecule has 27 heavy (non-hydrogen) atoms. The average Bonchev–Trinajstić information content (AvgIpc) is 3.19. The first-order chi connectivity index (χ1) is 12.8. The Bertz CT molecular complexity index is 834. The second-order valence-corrected chi connectivity index (χ2v) is 7.63. The van der Waals surface area contributed by atoms with Crippen molar-refractivity contribution in [2.75, 3.05) is 20.3 Å². The molecule has 0 aliphatic rings. The van der Waals surface area contributed by atoms with Crippen molar-refractivity contribution >= 4 is 28.9 Å². The number of Topliss-reactive ketones (excluding diaryl/α,β-unsaturated/α-hetero) is 2. The molecule has 0 unspecified atom stereocenters. The van der Waals surface area contributed by atoms with Gasteiger partial charge in [0.05, 0.1) is 17.9 Å². The van der Waals surface area contributed by atoms with Gasteiger partial charge in [-0.1, -0.05) is 0 Å². The van der Waals surface area contributed by atoms with E-state index in [2.05, 4.69) is 0 Å². The van der Waals surface area contributed by atoms with E-state index in [0.29, 0.717) is 23.6 Å². The summed E-state index contributed by atoms with van der Waals surface area (Å²) in [6, 6.07) is 5.43. The Kier molecular flexibility index (Phi) is 7.50. The number of aryl methyl sites for hydroxylation is 2. The highest BCUT2D eigenvalue weighted by Gasteiger charge is 2.18. The van der Waals surface area contributed by atoms with Crippen molar-refractivity contribution in [1.82, 2.24) is 4.57 Å². The van der Waals surface area contributed by atoms with E-state index >= 15 is 0 Å². The van der Waals surface area contributed by atoms with Crippen LogP contribution in [0.3, 0.4) is 0 Å². The second kappa shape index (κ2) is 9.62. The topological polar surface area (TPSA) is 74.6 Å². The molecule has 0 N–H and O–H groups in total. The standard InChI is InChI=1S/C20H25NO5S/c1-13-11-16(15(3)21(13)9-10-25-4)18(23)12-26-20(24)8-6-17(22)19-7-5-14(2)27-19/h5,7,11H,6,8-10,12H2,1-4H3. The Morgan fingerprint density at radius 2 is 1.81 bits per heavy atom. The molecule has 0 atom stereocenters. The summed E-state index contributed by atoms with van der Waals surface area (Å²) in [5.41, 5.74) is 2.33. The van der Waals surface area contributed by atoms with Crippen molar-refractivity contribution in [2.24, 2.45) is 0 Å². The van der Waals surface area contributed by atoms with Gasteiger partial charge in [-0.2, -0.15) is 0 Å². The summed E-state index contributed by atoms with van der Waals surface area (Å²) >= 11 is 1.41. The summed E-state index contributed by atoms with van der Waals surface area (Å²) in [5, 5.41) is 0. The van der Waals surface area contributed by atoms with E-state index in [0.717, 1.165) is 16.3 Å². The molecule has 0 fully saturated rings. The number of carbonyl (C=O) groups excluding carboxylic acids is 3. The van der Waals surface area contributed by atoms with Crippen LogP contribution in [0.5, 0.6) is 0 Å². The molecule has 0 aromatic carbocycles. The van der Waals surface area contributed by atoms with Gasteiger partial charge in [-0.05, 0) is 39.0 Å². The first-order valence-electron chi connectivity index (χ1n) is 8.77. The van der Waals surface area contributed by atoms with Crippen LogP contribution < -0.4 is 0 Å². The molecule has 0 spiro atoms. The molecule has 0 saturated carbocycles. The molecule has 0 aliphatic heterocycles. The number of methoxy groups -OCH3 is 1. The number of hydrogen-bond acceptors (Lipinski definition) is 6. The molecule has 0 saturated heterocycles. The van der Waals surface area contributed by atoms with Crippen LogP contribution in [0, 0.1) is 20.8 Å². The Balaban J connectivity index is 1.84. The fourth-order valence-corrected chi connectivity index (χ4v) is 3.66. The highest BCUT2D eigenvalue weighted by molar-refractivity contribution is 7.14. The van der Waals surface area contributed by atoms with Gasteiger partial charge in [0.25, 0.3) is 0 Å². The summed E-state index contributed by atoms with van der Waals surface area (Å²) in [6.45, 7) is 6.60. The van der Waals surface area contributed by atoms with Crippen LogP contribution in [0.2, 0.25) is 0 Å². The lowest BCUT2D eigenvalue weighted by Crippen LogP contribution is -2.16. The van der Waals surface area contributed by atoms with Crippen molar-refractivity contribution in [3.05, 3.63) is 44.9 Å². The summed E-state index contributed by atoms with van der Waals surface area (Å²) in [4.78, 5) is 38.0. The third kappa shape index (κ3) is 5.61. The zero-order valence-corrected chi connectivity index (χ0v) is 17.0. The van der Waals surface area contributed by atoms with Gasteiger partial charge in [0.15, 0.2) is 12.4 Å². The summed E-state index contributed by atoms with van der Waals surface area (Å²) in [5.74, 6) is -0.878. The molecular weight excluding hydrogens is 366 g/mol. The molecule has 2 rings (SSSR count). The number of nitrogens with zero attached hydrogens (tertiary/aromatic N) is 1. The SMILES string of the molecule is COCCn1c(C)cc(C(=O)COC(=O)CCC(=O)c2ccc(C)s2)c1C. The van der Waals surface area contributed by atoms with Gasteiger partial charge in [-0.3, -0.25) is 14.4 Å². The lowest BCUT2D eigenvalue weighted by atomic mass is 10.1. The fraction of sp³-hybridized carbons (Fsp3) is 0.450. The fourth-order valence-electron chi connectivity index (χ4n) is 2.83. The minimum atomic E-state index is -0.543. The minimum absolute atomic E-state index is 0.0318. The van der Waals surface area contributed by atoms with Crippen LogP contribution in [0.15, 0.2) is 18.2 Å². The first-order valence-corrected chi connectivity index (χ1v) is 9.59. The number of esters is 1. The van der Waals surface area contributed by atoms with Gasteiger partial charge in [-0.25, -0.2) is 0 Å². The Morgan fingerprint density at radius 3 is 2.44 bits per heavy atom. The van der Waals surface area contributed by atoms with Gasteiger partial charge >= 0.3 is 5.97 Å². The minimum Gasteiger partial charge on any atom is -0.457 e. The number of ether oxygens (including phenoxy) is 2. The molecule has 0 aliphatic carbocycles. The molecule has 7 heteroatoms. The molecule has 0 amide bonds.